The molecule has 1 heterocycles. The standard InChI is InChI=1S/C36H47N3O2/c1-7-8-21-39-34-24-32(40-25(2)26-11-9-13-29(22-26)37-6)19-20-33(34)38-35(39)27-12-10-14-31(23-27)41-30-17-15-28(16-18-30)36(3,4)5/h10,12,14-20,23-26,29,37H,7-9,11,13,21-22H2,1-6H3. The number of hydrogen-bond donors (Lipinski definition) is 1. The molecule has 3 atom stereocenters. The molecular formula is C36H47N3O2. The Labute approximate surface area is 246 Å². The van der Waals surface area contributed by atoms with Gasteiger partial charge in [-0.3, -0.25) is 0 Å². The van der Waals surface area contributed by atoms with Crippen LogP contribution in [0.15, 0.2) is 66.7 Å². The molecule has 3 aromatic carbocycles. The van der Waals surface area contributed by atoms with Crippen LogP contribution in [0, 0.1) is 5.92 Å². The number of aryl methyl sites for hydroxylation is 1. The highest BCUT2D eigenvalue weighted by molar-refractivity contribution is 5.82. The predicted molar refractivity (Wildman–Crippen MR) is 170 cm³/mol. The number of unbranched alkanes of at least 4 members (excludes halogenated alkanes) is 1. The average molecular weight is 554 g/mol. The Hall–Kier alpha value is -3.31. The lowest BCUT2D eigenvalue weighted by atomic mass is 9.83. The molecule has 5 rings (SSSR count). The van der Waals surface area contributed by atoms with Crippen LogP contribution in [0.2, 0.25) is 0 Å². The largest absolute Gasteiger partial charge is 0.490 e. The first-order valence-corrected chi connectivity index (χ1v) is 15.5. The van der Waals surface area contributed by atoms with E-state index in [9.17, 15) is 0 Å². The van der Waals surface area contributed by atoms with Crippen molar-refractivity contribution in [3.05, 3.63) is 72.3 Å². The minimum atomic E-state index is 0.116. The molecule has 0 amide bonds. The number of nitrogens with zero attached hydrogens (tertiary/aromatic N) is 2. The van der Waals surface area contributed by atoms with Gasteiger partial charge in [-0.25, -0.2) is 4.98 Å². The summed E-state index contributed by atoms with van der Waals surface area (Å²) in [7, 11) is 2.08. The SMILES string of the molecule is CCCCn1c(-c2cccc(Oc3ccc(C(C)(C)C)cc3)c2)nc2ccc(OC(C)C3CCCC(NC)C3)cc21. The van der Waals surface area contributed by atoms with E-state index in [4.69, 9.17) is 14.5 Å². The molecule has 218 valence electrons. The summed E-state index contributed by atoms with van der Waals surface area (Å²) < 4.78 is 15.2. The molecule has 1 saturated carbocycles. The van der Waals surface area contributed by atoms with Gasteiger partial charge < -0.3 is 19.4 Å². The van der Waals surface area contributed by atoms with E-state index >= 15 is 0 Å². The fourth-order valence-corrected chi connectivity index (χ4v) is 6.02. The number of rotatable bonds is 10. The van der Waals surface area contributed by atoms with Gasteiger partial charge in [-0.2, -0.15) is 0 Å². The summed E-state index contributed by atoms with van der Waals surface area (Å²) in [5.74, 6) is 4.12. The highest BCUT2D eigenvalue weighted by atomic mass is 16.5. The Morgan fingerprint density at radius 3 is 2.49 bits per heavy atom. The molecule has 5 nitrogen and oxygen atoms in total. The van der Waals surface area contributed by atoms with Crippen molar-refractivity contribution in [2.45, 2.75) is 97.2 Å². The number of nitrogens with one attached hydrogen (secondary N) is 1. The molecule has 5 heteroatoms. The van der Waals surface area contributed by atoms with E-state index in [0.29, 0.717) is 12.0 Å². The van der Waals surface area contributed by atoms with Crippen molar-refractivity contribution in [3.63, 3.8) is 0 Å². The molecule has 1 aliphatic carbocycles. The second-order valence-electron chi connectivity index (χ2n) is 12.7. The minimum Gasteiger partial charge on any atom is -0.490 e. The summed E-state index contributed by atoms with van der Waals surface area (Å²) in [6, 6.07) is 23.7. The summed E-state index contributed by atoms with van der Waals surface area (Å²) in [6.07, 6.45) is 7.33. The van der Waals surface area contributed by atoms with Crippen molar-refractivity contribution < 1.29 is 9.47 Å². The summed E-state index contributed by atoms with van der Waals surface area (Å²) in [6.45, 7) is 12.0. The maximum Gasteiger partial charge on any atom is 0.141 e. The first kappa shape index (κ1) is 29.2. The Kier molecular flexibility index (Phi) is 9.03. The number of benzene rings is 3. The molecular weight excluding hydrogens is 506 g/mol. The van der Waals surface area contributed by atoms with Crippen LogP contribution in [0.3, 0.4) is 0 Å². The highest BCUT2D eigenvalue weighted by Crippen LogP contribution is 2.34. The second-order valence-corrected chi connectivity index (χ2v) is 12.7. The third kappa shape index (κ3) is 6.95. The van der Waals surface area contributed by atoms with Gasteiger partial charge in [0.25, 0.3) is 0 Å². The molecule has 1 aliphatic rings. The molecule has 0 saturated heterocycles. The maximum absolute atomic E-state index is 6.56. The van der Waals surface area contributed by atoms with E-state index in [1.54, 1.807) is 0 Å². The zero-order valence-corrected chi connectivity index (χ0v) is 25.7. The van der Waals surface area contributed by atoms with Crippen LogP contribution >= 0.6 is 0 Å². The van der Waals surface area contributed by atoms with Gasteiger partial charge in [0, 0.05) is 24.2 Å². The van der Waals surface area contributed by atoms with Crippen LogP contribution in [-0.4, -0.2) is 28.7 Å². The van der Waals surface area contributed by atoms with E-state index in [1.165, 1.54) is 31.2 Å². The van der Waals surface area contributed by atoms with Gasteiger partial charge in [0.05, 0.1) is 17.1 Å². The van der Waals surface area contributed by atoms with Gasteiger partial charge in [-0.15, -0.1) is 0 Å². The lowest BCUT2D eigenvalue weighted by molar-refractivity contribution is 0.112. The van der Waals surface area contributed by atoms with Gasteiger partial charge in [-0.1, -0.05) is 64.8 Å². The fourth-order valence-electron chi connectivity index (χ4n) is 6.02. The van der Waals surface area contributed by atoms with Crippen LogP contribution in [0.4, 0.5) is 0 Å². The monoisotopic (exact) mass is 553 g/mol. The molecule has 0 spiro atoms. The van der Waals surface area contributed by atoms with Gasteiger partial charge in [0.15, 0.2) is 0 Å². The smallest absolute Gasteiger partial charge is 0.141 e. The molecule has 0 radical (unpaired) electrons. The molecule has 4 aromatic rings. The third-order valence-corrected chi connectivity index (χ3v) is 8.61. The van der Waals surface area contributed by atoms with Crippen molar-refractivity contribution in [1.29, 1.82) is 0 Å². The van der Waals surface area contributed by atoms with Crippen LogP contribution < -0.4 is 14.8 Å². The lowest BCUT2D eigenvalue weighted by Crippen LogP contribution is -2.36. The zero-order valence-electron chi connectivity index (χ0n) is 25.7. The summed E-state index contributed by atoms with van der Waals surface area (Å²) in [5.41, 5.74) is 4.58. The predicted octanol–water partition coefficient (Wildman–Crippen LogP) is 9.14. The highest BCUT2D eigenvalue weighted by Gasteiger charge is 2.27. The summed E-state index contributed by atoms with van der Waals surface area (Å²) >= 11 is 0. The van der Waals surface area contributed by atoms with Crippen molar-refractivity contribution in [3.8, 4) is 28.6 Å². The average Bonchev–Trinajstić information content (AvgIpc) is 3.33. The zero-order chi connectivity index (χ0) is 29.0. The summed E-state index contributed by atoms with van der Waals surface area (Å²) in [4.78, 5) is 5.10. The minimum absolute atomic E-state index is 0.116. The number of fused-ring (bicyclic) bond motifs is 1. The summed E-state index contributed by atoms with van der Waals surface area (Å²) in [5, 5.41) is 3.47. The van der Waals surface area contributed by atoms with Crippen molar-refractivity contribution in [2.24, 2.45) is 5.92 Å². The topological polar surface area (TPSA) is 48.3 Å². The van der Waals surface area contributed by atoms with Crippen molar-refractivity contribution in [2.75, 3.05) is 7.05 Å². The molecule has 0 aliphatic heterocycles. The van der Waals surface area contributed by atoms with Gasteiger partial charge >= 0.3 is 0 Å². The molecule has 3 unspecified atom stereocenters. The number of imidazole rings is 1. The molecule has 1 N–H and O–H groups in total. The number of aromatic nitrogens is 2. The van der Waals surface area contributed by atoms with Crippen LogP contribution in [0.5, 0.6) is 17.2 Å². The second kappa shape index (κ2) is 12.7. The lowest BCUT2D eigenvalue weighted by Gasteiger charge is -2.33. The Balaban J connectivity index is 1.40. The quantitative estimate of drug-likeness (QED) is 0.213. The molecule has 1 aromatic heterocycles. The van der Waals surface area contributed by atoms with E-state index in [-0.39, 0.29) is 11.5 Å². The first-order chi connectivity index (χ1) is 19.7. The van der Waals surface area contributed by atoms with Crippen LogP contribution in [0.25, 0.3) is 22.4 Å². The van der Waals surface area contributed by atoms with E-state index in [0.717, 1.165) is 59.1 Å². The third-order valence-electron chi connectivity index (χ3n) is 8.61. The molecule has 1 fully saturated rings. The Bertz CT molecular complexity index is 1430. The van der Waals surface area contributed by atoms with E-state index in [2.05, 4.69) is 112 Å². The van der Waals surface area contributed by atoms with Gasteiger partial charge in [-0.05, 0) is 92.9 Å². The van der Waals surface area contributed by atoms with Crippen molar-refractivity contribution >= 4 is 11.0 Å². The van der Waals surface area contributed by atoms with Gasteiger partial charge in [0.2, 0.25) is 0 Å². The number of hydrogen-bond acceptors (Lipinski definition) is 4. The molecule has 41 heavy (non-hydrogen) atoms. The Morgan fingerprint density at radius 1 is 0.976 bits per heavy atom. The first-order valence-electron chi connectivity index (χ1n) is 15.5. The van der Waals surface area contributed by atoms with Gasteiger partial charge in [0.1, 0.15) is 23.1 Å². The Morgan fingerprint density at radius 2 is 1.76 bits per heavy atom. The maximum atomic E-state index is 6.56. The van der Waals surface area contributed by atoms with Crippen molar-refractivity contribution in [1.82, 2.24) is 14.9 Å². The van der Waals surface area contributed by atoms with Crippen LogP contribution in [0.1, 0.15) is 78.7 Å². The fraction of sp³-hybridized carbons (Fsp3) is 0.472. The van der Waals surface area contributed by atoms with Crippen LogP contribution in [-0.2, 0) is 12.0 Å². The van der Waals surface area contributed by atoms with E-state index in [1.807, 2.05) is 6.07 Å². The van der Waals surface area contributed by atoms with E-state index < -0.39 is 0 Å². The molecule has 0 bridgehead atoms. The normalized spacial score (nSPS) is 18.4. The number of ether oxygens (including phenoxy) is 2.